The van der Waals surface area contributed by atoms with E-state index in [1.165, 1.54) is 19.3 Å². The van der Waals surface area contributed by atoms with Crippen LogP contribution in [0.1, 0.15) is 54.8 Å². The molecule has 5 rings (SSSR count). The zero-order chi connectivity index (χ0) is 20.3. The van der Waals surface area contributed by atoms with Crippen molar-refractivity contribution in [3.63, 3.8) is 0 Å². The summed E-state index contributed by atoms with van der Waals surface area (Å²) in [5.41, 5.74) is 4.60. The number of nitrogens with zero attached hydrogens (tertiary/aromatic N) is 7. The predicted octanol–water partition coefficient (Wildman–Crippen LogP) is 2.74. The summed E-state index contributed by atoms with van der Waals surface area (Å²) < 4.78 is 9.44. The second-order valence-electron chi connectivity index (χ2n) is 8.12. The van der Waals surface area contributed by atoms with Crippen LogP contribution >= 0.6 is 0 Å². The van der Waals surface area contributed by atoms with Crippen molar-refractivity contribution in [1.82, 2.24) is 35.0 Å². The summed E-state index contributed by atoms with van der Waals surface area (Å²) >= 11 is 0. The predicted molar refractivity (Wildman–Crippen MR) is 110 cm³/mol. The second kappa shape index (κ2) is 8.36. The van der Waals surface area contributed by atoms with Gasteiger partial charge in [-0.05, 0) is 50.7 Å². The zero-order valence-electron chi connectivity index (χ0n) is 17.2. The smallest absolute Gasteiger partial charge is 0.131 e. The summed E-state index contributed by atoms with van der Waals surface area (Å²) in [7, 11) is 0. The summed E-state index contributed by atoms with van der Waals surface area (Å²) in [6.45, 7) is 4.13. The molecule has 1 unspecified atom stereocenters. The first-order valence-electron chi connectivity index (χ1n) is 10.6. The highest BCUT2D eigenvalue weighted by molar-refractivity contribution is 5.58. The summed E-state index contributed by atoms with van der Waals surface area (Å²) in [5.74, 6) is 6.93. The molecule has 1 aliphatic heterocycles. The minimum absolute atomic E-state index is 0.227. The third-order valence-electron chi connectivity index (χ3n) is 5.55. The lowest BCUT2D eigenvalue weighted by atomic mass is 10.1. The van der Waals surface area contributed by atoms with Crippen molar-refractivity contribution >= 4 is 0 Å². The summed E-state index contributed by atoms with van der Waals surface area (Å²) in [6, 6.07) is 2.04. The molecule has 8 nitrogen and oxygen atoms in total. The van der Waals surface area contributed by atoms with Crippen molar-refractivity contribution in [2.24, 2.45) is 0 Å². The van der Waals surface area contributed by atoms with Gasteiger partial charge in [-0.1, -0.05) is 22.3 Å². The van der Waals surface area contributed by atoms with Crippen LogP contribution in [0.3, 0.4) is 0 Å². The normalized spacial score (nSPS) is 18.8. The molecule has 0 N–H and O–H groups in total. The molecule has 2 aliphatic rings. The first-order chi connectivity index (χ1) is 14.7. The number of hydrogen-bond donors (Lipinski definition) is 0. The molecule has 4 heterocycles. The standard InChI is InChI=1S/C22H25N7O/c1-16-11-17(5-4-9-28-14-20(24-26-28)18-7-8-18)12-23-22(16)21-15-29(27-25-21)13-19-6-2-3-10-30-19/h11-12,14-15,18-19H,2-3,6-10,13H2,1H3. The summed E-state index contributed by atoms with van der Waals surface area (Å²) in [5, 5.41) is 16.9. The maximum Gasteiger partial charge on any atom is 0.131 e. The lowest BCUT2D eigenvalue weighted by Gasteiger charge is -2.21. The van der Waals surface area contributed by atoms with E-state index in [4.69, 9.17) is 4.74 Å². The van der Waals surface area contributed by atoms with Crippen LogP contribution in [0.5, 0.6) is 0 Å². The van der Waals surface area contributed by atoms with Crippen LogP contribution in [0.25, 0.3) is 11.4 Å². The Bertz CT molecular complexity index is 1080. The van der Waals surface area contributed by atoms with Crippen molar-refractivity contribution in [3.8, 4) is 23.2 Å². The Morgan fingerprint density at radius 2 is 2.00 bits per heavy atom. The Hall–Kier alpha value is -3.05. The van der Waals surface area contributed by atoms with Crippen molar-refractivity contribution in [2.45, 2.75) is 64.1 Å². The van der Waals surface area contributed by atoms with E-state index in [9.17, 15) is 0 Å². The molecule has 154 valence electrons. The number of aryl methyl sites for hydroxylation is 1. The molecule has 0 spiro atoms. The fourth-order valence-electron chi connectivity index (χ4n) is 3.75. The first-order valence-corrected chi connectivity index (χ1v) is 10.6. The second-order valence-corrected chi connectivity index (χ2v) is 8.12. The van der Waals surface area contributed by atoms with E-state index in [0.717, 1.165) is 54.2 Å². The van der Waals surface area contributed by atoms with Crippen LogP contribution in [0.2, 0.25) is 0 Å². The monoisotopic (exact) mass is 403 g/mol. The highest BCUT2D eigenvalue weighted by Gasteiger charge is 2.26. The summed E-state index contributed by atoms with van der Waals surface area (Å²) in [6.07, 6.45) is 11.9. The van der Waals surface area contributed by atoms with Gasteiger partial charge in [-0.3, -0.25) is 4.98 Å². The lowest BCUT2D eigenvalue weighted by Crippen LogP contribution is -2.24. The largest absolute Gasteiger partial charge is 0.376 e. The van der Waals surface area contributed by atoms with Crippen molar-refractivity contribution in [1.29, 1.82) is 0 Å². The molecule has 1 saturated heterocycles. The molecule has 0 radical (unpaired) electrons. The molecule has 0 bridgehead atoms. The Kier molecular flexibility index (Phi) is 5.28. The van der Waals surface area contributed by atoms with Crippen LogP contribution in [0.4, 0.5) is 0 Å². The van der Waals surface area contributed by atoms with Gasteiger partial charge in [0.15, 0.2) is 0 Å². The Balaban J connectivity index is 1.23. The number of aromatic nitrogens is 7. The molecule has 30 heavy (non-hydrogen) atoms. The maximum absolute atomic E-state index is 5.79. The number of hydrogen-bond acceptors (Lipinski definition) is 6. The minimum Gasteiger partial charge on any atom is -0.376 e. The Morgan fingerprint density at radius 3 is 2.80 bits per heavy atom. The first kappa shape index (κ1) is 18.9. The van der Waals surface area contributed by atoms with Gasteiger partial charge < -0.3 is 4.74 Å². The van der Waals surface area contributed by atoms with Crippen molar-refractivity contribution in [3.05, 3.63) is 41.5 Å². The van der Waals surface area contributed by atoms with Gasteiger partial charge in [0.25, 0.3) is 0 Å². The SMILES string of the molecule is Cc1cc(C#CCn2cc(C3CC3)nn2)cnc1-c1cn(CC2CCCCO2)nn1. The van der Waals surface area contributed by atoms with Crippen molar-refractivity contribution < 1.29 is 4.74 Å². The van der Waals surface area contributed by atoms with E-state index in [-0.39, 0.29) is 6.10 Å². The number of ether oxygens (including phenoxy) is 1. The van der Waals surface area contributed by atoms with Gasteiger partial charge in [-0.2, -0.15) is 0 Å². The van der Waals surface area contributed by atoms with E-state index in [2.05, 4.69) is 37.4 Å². The average Bonchev–Trinajstić information content (AvgIpc) is 3.33. The molecule has 0 aromatic carbocycles. The average molecular weight is 403 g/mol. The molecule has 0 amide bonds. The molecular weight excluding hydrogens is 378 g/mol. The van der Waals surface area contributed by atoms with Crippen LogP contribution < -0.4 is 0 Å². The zero-order valence-corrected chi connectivity index (χ0v) is 17.2. The molecule has 1 atom stereocenters. The van der Waals surface area contributed by atoms with Gasteiger partial charge in [0.2, 0.25) is 0 Å². The van der Waals surface area contributed by atoms with Gasteiger partial charge in [0.05, 0.1) is 30.2 Å². The van der Waals surface area contributed by atoms with Crippen LogP contribution in [0.15, 0.2) is 24.7 Å². The third-order valence-corrected chi connectivity index (χ3v) is 5.55. The van der Waals surface area contributed by atoms with Gasteiger partial charge >= 0.3 is 0 Å². The van der Waals surface area contributed by atoms with Gasteiger partial charge in [0.1, 0.15) is 12.2 Å². The highest BCUT2D eigenvalue weighted by atomic mass is 16.5. The molecule has 1 aliphatic carbocycles. The fraction of sp³-hybridized carbons (Fsp3) is 0.500. The van der Waals surface area contributed by atoms with E-state index < -0.39 is 0 Å². The molecule has 2 fully saturated rings. The summed E-state index contributed by atoms with van der Waals surface area (Å²) in [4.78, 5) is 4.59. The van der Waals surface area contributed by atoms with Gasteiger partial charge in [-0.15, -0.1) is 10.2 Å². The third kappa shape index (κ3) is 4.41. The van der Waals surface area contributed by atoms with Gasteiger partial charge in [0, 0.05) is 30.5 Å². The molecule has 8 heteroatoms. The Labute approximate surface area is 175 Å². The highest BCUT2D eigenvalue weighted by Crippen LogP contribution is 2.38. The van der Waals surface area contributed by atoms with Crippen LogP contribution in [0, 0.1) is 18.8 Å². The van der Waals surface area contributed by atoms with E-state index in [1.807, 2.05) is 30.1 Å². The Morgan fingerprint density at radius 1 is 1.10 bits per heavy atom. The molecule has 3 aromatic heterocycles. The fourth-order valence-corrected chi connectivity index (χ4v) is 3.75. The lowest BCUT2D eigenvalue weighted by molar-refractivity contribution is 0.00370. The van der Waals surface area contributed by atoms with E-state index in [0.29, 0.717) is 12.5 Å². The van der Waals surface area contributed by atoms with E-state index >= 15 is 0 Å². The van der Waals surface area contributed by atoms with Gasteiger partial charge in [-0.25, -0.2) is 9.36 Å². The maximum atomic E-state index is 5.79. The molecular formula is C22H25N7O. The molecule has 3 aromatic rings. The van der Waals surface area contributed by atoms with E-state index in [1.54, 1.807) is 10.9 Å². The van der Waals surface area contributed by atoms with Crippen molar-refractivity contribution in [2.75, 3.05) is 6.61 Å². The topological polar surface area (TPSA) is 83.5 Å². The van der Waals surface area contributed by atoms with Crippen LogP contribution in [-0.2, 0) is 17.8 Å². The number of pyridine rings is 1. The molecule has 1 saturated carbocycles. The quantitative estimate of drug-likeness (QED) is 0.609. The van der Waals surface area contributed by atoms with Crippen LogP contribution in [-0.4, -0.2) is 47.7 Å². The number of rotatable bonds is 5. The minimum atomic E-state index is 0.227.